The van der Waals surface area contributed by atoms with Crippen LogP contribution in [0.1, 0.15) is 10.4 Å². The maximum absolute atomic E-state index is 11.6. The first-order valence-electron chi connectivity index (χ1n) is 6.29. The normalized spacial score (nSPS) is 9.05. The molecule has 2 aromatic rings. The molecule has 5 nitrogen and oxygen atoms in total. The van der Waals surface area contributed by atoms with Crippen molar-refractivity contribution < 1.29 is 19.4 Å². The number of hydrogen-bond acceptors (Lipinski definition) is 4. The highest BCUT2D eigenvalue weighted by atomic mass is 16.5. The quantitative estimate of drug-likeness (QED) is 0.825. The Kier molecular flexibility index (Phi) is 7.24. The van der Waals surface area contributed by atoms with Crippen molar-refractivity contribution in [1.29, 1.82) is 0 Å². The Hall–Kier alpha value is -2.66. The summed E-state index contributed by atoms with van der Waals surface area (Å²) in [5.41, 5.74) is 0.488. The van der Waals surface area contributed by atoms with Gasteiger partial charge in [0.15, 0.2) is 0 Å². The number of nitrogens with one attached hydrogen (secondary N) is 1. The van der Waals surface area contributed by atoms with Gasteiger partial charge in [0, 0.05) is 12.7 Å². The summed E-state index contributed by atoms with van der Waals surface area (Å²) in [4.78, 5) is 21.7. The zero-order valence-electron chi connectivity index (χ0n) is 11.7. The van der Waals surface area contributed by atoms with Crippen molar-refractivity contribution in [2.75, 3.05) is 13.7 Å². The molecule has 0 aliphatic heterocycles. The Bertz CT molecular complexity index is 552. The summed E-state index contributed by atoms with van der Waals surface area (Å²) in [6, 6.07) is 16.1. The van der Waals surface area contributed by atoms with E-state index >= 15 is 0 Å². The van der Waals surface area contributed by atoms with Crippen LogP contribution in [0.2, 0.25) is 0 Å². The van der Waals surface area contributed by atoms with Crippen LogP contribution >= 0.6 is 0 Å². The lowest BCUT2D eigenvalue weighted by molar-refractivity contribution is -0.107. The largest absolute Gasteiger partial charge is 0.457 e. The van der Waals surface area contributed by atoms with E-state index < -0.39 is 0 Å². The van der Waals surface area contributed by atoms with Crippen LogP contribution in [-0.4, -0.2) is 31.0 Å². The van der Waals surface area contributed by atoms with E-state index in [0.29, 0.717) is 17.6 Å². The lowest BCUT2D eigenvalue weighted by atomic mass is 10.2. The third-order valence-electron chi connectivity index (χ3n) is 2.44. The molecule has 0 saturated heterocycles. The van der Waals surface area contributed by atoms with Gasteiger partial charge >= 0.3 is 0 Å². The Balaban J connectivity index is 0.00000106. The predicted molar refractivity (Wildman–Crippen MR) is 79.5 cm³/mol. The number of ether oxygens (including phenoxy) is 1. The Morgan fingerprint density at radius 2 is 1.62 bits per heavy atom. The van der Waals surface area contributed by atoms with Gasteiger partial charge in [-0.1, -0.05) is 18.2 Å². The van der Waals surface area contributed by atoms with Gasteiger partial charge in [-0.2, -0.15) is 0 Å². The van der Waals surface area contributed by atoms with Crippen molar-refractivity contribution in [3.63, 3.8) is 0 Å². The topological polar surface area (TPSA) is 75.6 Å². The lowest BCUT2D eigenvalue weighted by Crippen LogP contribution is -2.24. The average molecular weight is 287 g/mol. The summed E-state index contributed by atoms with van der Waals surface area (Å²) >= 11 is 0. The van der Waals surface area contributed by atoms with Crippen LogP contribution in [0.15, 0.2) is 54.6 Å². The van der Waals surface area contributed by atoms with Crippen molar-refractivity contribution in [3.8, 4) is 11.5 Å². The molecule has 0 aliphatic carbocycles. The average Bonchev–Trinajstić information content (AvgIpc) is 2.56. The van der Waals surface area contributed by atoms with Crippen LogP contribution in [0.3, 0.4) is 0 Å². The van der Waals surface area contributed by atoms with E-state index in [1.807, 2.05) is 30.3 Å². The molecule has 2 rings (SSSR count). The smallest absolute Gasteiger partial charge is 0.251 e. The molecule has 21 heavy (non-hydrogen) atoms. The molecule has 2 N–H and O–H groups in total. The summed E-state index contributed by atoms with van der Waals surface area (Å²) in [6.07, 6.45) is 0.644. The molecule has 110 valence electrons. The Labute approximate surface area is 123 Å². The SMILES string of the molecule is CO.O=CCNC(=O)c1ccc(Oc2ccccc2)cc1. The second-order valence-corrected chi connectivity index (χ2v) is 3.82. The van der Waals surface area contributed by atoms with Crippen LogP contribution < -0.4 is 10.1 Å². The highest BCUT2D eigenvalue weighted by molar-refractivity contribution is 5.95. The van der Waals surface area contributed by atoms with E-state index in [9.17, 15) is 9.59 Å². The number of aliphatic hydroxyl groups is 1. The maximum atomic E-state index is 11.6. The molecular weight excluding hydrogens is 270 g/mol. The lowest BCUT2D eigenvalue weighted by Gasteiger charge is -2.06. The minimum Gasteiger partial charge on any atom is -0.457 e. The Morgan fingerprint density at radius 1 is 1.05 bits per heavy atom. The molecule has 0 heterocycles. The fourth-order valence-corrected chi connectivity index (χ4v) is 1.54. The first-order valence-corrected chi connectivity index (χ1v) is 6.29. The molecule has 0 atom stereocenters. The summed E-state index contributed by atoms with van der Waals surface area (Å²) < 4.78 is 5.61. The molecule has 0 radical (unpaired) electrons. The third kappa shape index (κ3) is 5.46. The van der Waals surface area contributed by atoms with Crippen molar-refractivity contribution in [3.05, 3.63) is 60.2 Å². The number of rotatable bonds is 5. The number of hydrogen-bond donors (Lipinski definition) is 2. The highest BCUT2D eigenvalue weighted by Crippen LogP contribution is 2.20. The number of aliphatic hydroxyl groups excluding tert-OH is 1. The molecule has 0 aromatic heterocycles. The minimum absolute atomic E-state index is 0.0150. The standard InChI is InChI=1S/C15H13NO3.CH4O/c17-11-10-16-15(18)12-6-8-14(9-7-12)19-13-4-2-1-3-5-13;1-2/h1-9,11H,10H2,(H,16,18);2H,1H3. The van der Waals surface area contributed by atoms with E-state index in [0.717, 1.165) is 12.9 Å². The van der Waals surface area contributed by atoms with E-state index in [4.69, 9.17) is 9.84 Å². The molecule has 0 fully saturated rings. The summed E-state index contributed by atoms with van der Waals surface area (Å²) in [6.45, 7) is 0.0150. The van der Waals surface area contributed by atoms with Crippen LogP contribution in [0.5, 0.6) is 11.5 Å². The van der Waals surface area contributed by atoms with Gasteiger partial charge in [-0.15, -0.1) is 0 Å². The van der Waals surface area contributed by atoms with Crippen molar-refractivity contribution in [2.45, 2.75) is 0 Å². The van der Waals surface area contributed by atoms with E-state index in [1.54, 1.807) is 24.3 Å². The van der Waals surface area contributed by atoms with Gasteiger partial charge in [-0.25, -0.2) is 0 Å². The van der Waals surface area contributed by atoms with Gasteiger partial charge < -0.3 is 20.0 Å². The molecule has 2 aromatic carbocycles. The van der Waals surface area contributed by atoms with Crippen molar-refractivity contribution >= 4 is 12.2 Å². The van der Waals surface area contributed by atoms with Gasteiger partial charge in [-0.05, 0) is 36.4 Å². The van der Waals surface area contributed by atoms with Gasteiger partial charge in [0.1, 0.15) is 17.8 Å². The fraction of sp³-hybridized carbons (Fsp3) is 0.125. The van der Waals surface area contributed by atoms with E-state index in [2.05, 4.69) is 5.32 Å². The van der Waals surface area contributed by atoms with Crippen molar-refractivity contribution in [2.24, 2.45) is 0 Å². The zero-order valence-corrected chi connectivity index (χ0v) is 11.7. The molecule has 0 spiro atoms. The van der Waals surface area contributed by atoms with E-state index in [-0.39, 0.29) is 12.5 Å². The van der Waals surface area contributed by atoms with Crippen LogP contribution in [-0.2, 0) is 4.79 Å². The van der Waals surface area contributed by atoms with Crippen molar-refractivity contribution in [1.82, 2.24) is 5.32 Å². The van der Waals surface area contributed by atoms with Gasteiger partial charge in [0.25, 0.3) is 5.91 Å². The number of para-hydroxylation sites is 1. The summed E-state index contributed by atoms with van der Waals surface area (Å²) in [5.74, 6) is 1.11. The van der Waals surface area contributed by atoms with Crippen LogP contribution in [0.25, 0.3) is 0 Å². The second kappa shape index (κ2) is 9.28. The Morgan fingerprint density at radius 3 is 2.19 bits per heavy atom. The summed E-state index contributed by atoms with van der Waals surface area (Å²) in [5, 5.41) is 9.47. The van der Waals surface area contributed by atoms with E-state index in [1.165, 1.54) is 0 Å². The number of carbonyl (C=O) groups is 2. The van der Waals surface area contributed by atoms with Gasteiger partial charge in [0.05, 0.1) is 6.54 Å². The molecule has 0 aliphatic rings. The molecule has 0 unspecified atom stereocenters. The molecule has 1 amide bonds. The maximum Gasteiger partial charge on any atom is 0.251 e. The van der Waals surface area contributed by atoms with Gasteiger partial charge in [0.2, 0.25) is 0 Å². The molecular formula is C16H17NO4. The predicted octanol–water partition coefficient (Wildman–Crippen LogP) is 2.02. The minimum atomic E-state index is -0.279. The number of aldehydes is 1. The first kappa shape index (κ1) is 16.4. The van der Waals surface area contributed by atoms with Crippen LogP contribution in [0, 0.1) is 0 Å². The second-order valence-electron chi connectivity index (χ2n) is 3.82. The number of carbonyl (C=O) groups excluding carboxylic acids is 2. The molecule has 0 bridgehead atoms. The first-order chi connectivity index (χ1) is 10.3. The monoisotopic (exact) mass is 287 g/mol. The summed E-state index contributed by atoms with van der Waals surface area (Å²) in [7, 11) is 1.00. The highest BCUT2D eigenvalue weighted by Gasteiger charge is 2.04. The number of amides is 1. The van der Waals surface area contributed by atoms with Gasteiger partial charge in [-0.3, -0.25) is 4.79 Å². The fourth-order valence-electron chi connectivity index (χ4n) is 1.54. The number of benzene rings is 2. The zero-order chi connectivity index (χ0) is 15.5. The molecule has 0 saturated carbocycles. The van der Waals surface area contributed by atoms with Crippen LogP contribution in [0.4, 0.5) is 0 Å². The molecule has 5 heteroatoms. The third-order valence-corrected chi connectivity index (χ3v) is 2.44.